The number of hydrogen-bond donors (Lipinski definition) is 1. The predicted octanol–water partition coefficient (Wildman–Crippen LogP) is 3.98. The summed E-state index contributed by atoms with van der Waals surface area (Å²) in [5.41, 5.74) is 0. The normalized spacial score (nSPS) is 12.0. The number of rotatable bonds is 13. The molecule has 0 bridgehead atoms. The lowest BCUT2D eigenvalue weighted by atomic mass is 10.1. The summed E-state index contributed by atoms with van der Waals surface area (Å²) < 4.78 is 1.19. The molecule has 0 amide bonds. The molecule has 0 aromatic rings. The highest BCUT2D eigenvalue weighted by Gasteiger charge is 2.13. The Hall–Kier alpha value is -0.0800. The first-order chi connectivity index (χ1) is 8.62. The number of unbranched alkanes of at least 4 members (excludes halogenated alkanes) is 8. The van der Waals surface area contributed by atoms with E-state index in [1.54, 1.807) is 0 Å². The van der Waals surface area contributed by atoms with Gasteiger partial charge in [0.25, 0.3) is 0 Å². The monoisotopic (exact) mass is 258 g/mol. The van der Waals surface area contributed by atoms with Gasteiger partial charge in [-0.1, -0.05) is 39.0 Å². The van der Waals surface area contributed by atoms with Gasteiger partial charge in [-0.3, -0.25) is 0 Å². The quantitative estimate of drug-likeness (QED) is 0.391. The molecule has 0 fully saturated rings. The van der Waals surface area contributed by atoms with Crippen molar-refractivity contribution >= 4 is 0 Å². The van der Waals surface area contributed by atoms with Crippen LogP contribution in [0.3, 0.4) is 0 Å². The number of hydrogen-bond acceptors (Lipinski definition) is 1. The van der Waals surface area contributed by atoms with Crippen LogP contribution in [0.1, 0.15) is 71.1 Å². The van der Waals surface area contributed by atoms with E-state index in [1.165, 1.54) is 75.4 Å². The summed E-state index contributed by atoms with van der Waals surface area (Å²) in [4.78, 5) is 0. The van der Waals surface area contributed by atoms with Crippen molar-refractivity contribution in [2.75, 3.05) is 33.8 Å². The van der Waals surface area contributed by atoms with Gasteiger partial charge in [0.05, 0.1) is 27.2 Å². The van der Waals surface area contributed by atoms with Crippen molar-refractivity contribution in [2.45, 2.75) is 71.1 Å². The standard InChI is InChI=1S/C16H36NO/c1-4-5-6-8-11-14-17(2,3)15-12-9-7-10-13-16-18/h18H,4-16H2,1-3H3/q+1. The minimum atomic E-state index is 0.360. The van der Waals surface area contributed by atoms with Crippen LogP contribution >= 0.6 is 0 Å². The maximum absolute atomic E-state index is 8.71. The highest BCUT2D eigenvalue weighted by molar-refractivity contribution is 4.46. The molecule has 2 nitrogen and oxygen atoms in total. The van der Waals surface area contributed by atoms with Crippen molar-refractivity contribution in [1.82, 2.24) is 0 Å². The van der Waals surface area contributed by atoms with Gasteiger partial charge in [0.2, 0.25) is 0 Å². The lowest BCUT2D eigenvalue weighted by Crippen LogP contribution is -2.41. The van der Waals surface area contributed by atoms with E-state index in [0.717, 1.165) is 6.42 Å². The molecular formula is C16H36NO+. The van der Waals surface area contributed by atoms with Gasteiger partial charge in [0.15, 0.2) is 0 Å². The van der Waals surface area contributed by atoms with Gasteiger partial charge < -0.3 is 9.59 Å². The molecule has 0 rings (SSSR count). The van der Waals surface area contributed by atoms with Crippen LogP contribution in [0.4, 0.5) is 0 Å². The molecule has 0 aliphatic rings. The van der Waals surface area contributed by atoms with E-state index >= 15 is 0 Å². The minimum absolute atomic E-state index is 0.360. The highest BCUT2D eigenvalue weighted by Crippen LogP contribution is 2.10. The average Bonchev–Trinajstić information content (AvgIpc) is 2.33. The van der Waals surface area contributed by atoms with Crippen LogP contribution in [-0.2, 0) is 0 Å². The molecule has 110 valence electrons. The van der Waals surface area contributed by atoms with Crippen LogP contribution < -0.4 is 0 Å². The third kappa shape index (κ3) is 12.4. The SMILES string of the molecule is CCCCCCC[N+](C)(C)CCCCCCCO. The van der Waals surface area contributed by atoms with E-state index in [4.69, 9.17) is 5.11 Å². The zero-order chi connectivity index (χ0) is 13.7. The van der Waals surface area contributed by atoms with Gasteiger partial charge in [-0.05, 0) is 32.1 Å². The lowest BCUT2D eigenvalue weighted by molar-refractivity contribution is -0.890. The van der Waals surface area contributed by atoms with Gasteiger partial charge in [-0.25, -0.2) is 0 Å². The van der Waals surface area contributed by atoms with Crippen molar-refractivity contribution in [1.29, 1.82) is 0 Å². The van der Waals surface area contributed by atoms with E-state index in [1.807, 2.05) is 0 Å². The third-order valence-corrected chi connectivity index (χ3v) is 3.79. The Morgan fingerprint density at radius 2 is 1.11 bits per heavy atom. The van der Waals surface area contributed by atoms with Crippen LogP contribution in [0.5, 0.6) is 0 Å². The summed E-state index contributed by atoms with van der Waals surface area (Å²) in [6.45, 7) is 5.28. The maximum atomic E-state index is 8.71. The van der Waals surface area contributed by atoms with E-state index in [9.17, 15) is 0 Å². The minimum Gasteiger partial charge on any atom is -0.396 e. The molecule has 0 atom stereocenters. The molecule has 0 radical (unpaired) electrons. The fraction of sp³-hybridized carbons (Fsp3) is 1.00. The molecular weight excluding hydrogens is 222 g/mol. The second-order valence-electron chi connectivity index (χ2n) is 6.29. The molecule has 0 aliphatic carbocycles. The fourth-order valence-electron chi connectivity index (χ4n) is 2.44. The summed E-state index contributed by atoms with van der Waals surface area (Å²) in [5.74, 6) is 0. The van der Waals surface area contributed by atoms with Gasteiger partial charge in [0, 0.05) is 6.61 Å². The number of aliphatic hydroxyl groups excluding tert-OH is 1. The molecule has 0 aliphatic heterocycles. The van der Waals surface area contributed by atoms with Gasteiger partial charge in [-0.2, -0.15) is 0 Å². The summed E-state index contributed by atoms with van der Waals surface area (Å²) in [5, 5.41) is 8.71. The molecule has 0 saturated heterocycles. The van der Waals surface area contributed by atoms with Crippen molar-refractivity contribution in [3.8, 4) is 0 Å². The van der Waals surface area contributed by atoms with E-state index in [-0.39, 0.29) is 0 Å². The lowest BCUT2D eigenvalue weighted by Gasteiger charge is -2.30. The topological polar surface area (TPSA) is 20.2 Å². The summed E-state index contributed by atoms with van der Waals surface area (Å²) >= 11 is 0. The molecule has 18 heavy (non-hydrogen) atoms. The summed E-state index contributed by atoms with van der Waals surface area (Å²) in [6.07, 6.45) is 13.1. The Morgan fingerprint density at radius 3 is 1.61 bits per heavy atom. The molecule has 0 aromatic carbocycles. The molecule has 0 saturated carbocycles. The Balaban J connectivity index is 3.37. The molecule has 0 unspecified atom stereocenters. The Morgan fingerprint density at radius 1 is 0.667 bits per heavy atom. The van der Waals surface area contributed by atoms with Crippen LogP contribution in [0, 0.1) is 0 Å². The van der Waals surface area contributed by atoms with Crippen molar-refractivity contribution in [3.63, 3.8) is 0 Å². The number of nitrogens with zero attached hydrogens (tertiary/aromatic N) is 1. The first-order valence-electron chi connectivity index (χ1n) is 8.05. The van der Waals surface area contributed by atoms with Crippen LogP contribution in [0.15, 0.2) is 0 Å². The summed E-state index contributed by atoms with van der Waals surface area (Å²) in [7, 11) is 4.74. The Labute approximate surface area is 115 Å². The van der Waals surface area contributed by atoms with Gasteiger partial charge in [0.1, 0.15) is 0 Å². The van der Waals surface area contributed by atoms with Gasteiger partial charge >= 0.3 is 0 Å². The average molecular weight is 258 g/mol. The van der Waals surface area contributed by atoms with Gasteiger partial charge in [-0.15, -0.1) is 0 Å². The maximum Gasteiger partial charge on any atom is 0.0782 e. The Kier molecular flexibility index (Phi) is 11.9. The van der Waals surface area contributed by atoms with Crippen LogP contribution in [0.25, 0.3) is 0 Å². The second kappa shape index (κ2) is 12.0. The number of quaternary nitrogens is 1. The van der Waals surface area contributed by atoms with E-state index in [0.29, 0.717) is 6.61 Å². The molecule has 0 aromatic heterocycles. The molecule has 1 N–H and O–H groups in total. The van der Waals surface area contributed by atoms with Crippen molar-refractivity contribution in [2.24, 2.45) is 0 Å². The Bertz CT molecular complexity index is 168. The highest BCUT2D eigenvalue weighted by atomic mass is 16.2. The fourth-order valence-corrected chi connectivity index (χ4v) is 2.44. The third-order valence-electron chi connectivity index (χ3n) is 3.79. The zero-order valence-electron chi connectivity index (χ0n) is 13.1. The summed E-state index contributed by atoms with van der Waals surface area (Å²) in [6, 6.07) is 0. The van der Waals surface area contributed by atoms with Crippen LogP contribution in [0.2, 0.25) is 0 Å². The molecule has 2 heteroatoms. The second-order valence-corrected chi connectivity index (χ2v) is 6.29. The van der Waals surface area contributed by atoms with E-state index < -0.39 is 0 Å². The first-order valence-corrected chi connectivity index (χ1v) is 8.05. The number of aliphatic hydroxyl groups is 1. The zero-order valence-corrected chi connectivity index (χ0v) is 13.1. The van der Waals surface area contributed by atoms with Crippen molar-refractivity contribution in [3.05, 3.63) is 0 Å². The smallest absolute Gasteiger partial charge is 0.0782 e. The molecule has 0 heterocycles. The first kappa shape index (κ1) is 17.9. The largest absolute Gasteiger partial charge is 0.396 e. The van der Waals surface area contributed by atoms with Crippen molar-refractivity contribution < 1.29 is 9.59 Å². The van der Waals surface area contributed by atoms with Crippen LogP contribution in [-0.4, -0.2) is 43.4 Å². The predicted molar refractivity (Wildman–Crippen MR) is 80.8 cm³/mol. The van der Waals surface area contributed by atoms with E-state index in [2.05, 4.69) is 21.0 Å². The molecule has 0 spiro atoms.